The normalized spacial score (nSPS) is 12.9. The molecule has 29 heavy (non-hydrogen) atoms. The van der Waals surface area contributed by atoms with Crippen LogP contribution in [0, 0.1) is 0 Å². The molecule has 1 amide bonds. The molecule has 0 bridgehead atoms. The van der Waals surface area contributed by atoms with Crippen molar-refractivity contribution in [3.63, 3.8) is 0 Å². The Bertz CT molecular complexity index is 715. The first-order valence-electron chi connectivity index (χ1n) is 10.2. The first-order chi connectivity index (χ1) is 13.8. The predicted octanol–water partition coefficient (Wildman–Crippen LogP) is 6.47. The summed E-state index contributed by atoms with van der Waals surface area (Å²) in [6, 6.07) is 14.7. The molecule has 0 atom stereocenters. The van der Waals surface area contributed by atoms with E-state index in [1.54, 1.807) is 31.4 Å². The van der Waals surface area contributed by atoms with Gasteiger partial charge in [-0.05, 0) is 82.1 Å². The largest absolute Gasteiger partial charge is 0.497 e. The first kappa shape index (κ1) is 24.8. The highest BCUT2D eigenvalue weighted by molar-refractivity contribution is 6.30. The molecule has 0 saturated carbocycles. The molecule has 1 heterocycles. The third-order valence-electron chi connectivity index (χ3n) is 3.97. The monoisotopic (exact) mass is 419 g/mol. The van der Waals surface area contributed by atoms with Crippen molar-refractivity contribution >= 4 is 17.5 Å². The number of methoxy groups -OCH3 is 1. The van der Waals surface area contributed by atoms with Crippen LogP contribution < -0.4 is 9.47 Å². The number of hydrogen-bond donors (Lipinski definition) is 0. The molecule has 1 fully saturated rings. The van der Waals surface area contributed by atoms with Crippen LogP contribution in [0.15, 0.2) is 48.5 Å². The molecule has 0 N–H and O–H groups in total. The molecular formula is C24H34ClNO3. The summed E-state index contributed by atoms with van der Waals surface area (Å²) in [6.07, 6.45) is 2.25. The third kappa shape index (κ3) is 9.23. The SMILES string of the molecule is CC.COc1ccc(OC(C)(C)C)cc1.O=C(c1ccc(Cl)cc1)N1CCCC1. The quantitative estimate of drug-likeness (QED) is 0.571. The van der Waals surface area contributed by atoms with E-state index in [1.165, 1.54) is 0 Å². The lowest BCUT2D eigenvalue weighted by Crippen LogP contribution is -2.27. The van der Waals surface area contributed by atoms with E-state index in [2.05, 4.69) is 0 Å². The van der Waals surface area contributed by atoms with Crippen LogP contribution in [0.5, 0.6) is 11.5 Å². The van der Waals surface area contributed by atoms with Gasteiger partial charge in [0, 0.05) is 23.7 Å². The second-order valence-electron chi connectivity index (χ2n) is 7.40. The van der Waals surface area contributed by atoms with Crippen LogP contribution in [-0.2, 0) is 0 Å². The van der Waals surface area contributed by atoms with Gasteiger partial charge < -0.3 is 14.4 Å². The maximum absolute atomic E-state index is 11.8. The number of ether oxygens (including phenoxy) is 2. The molecule has 0 aromatic heterocycles. The Morgan fingerprint density at radius 2 is 1.38 bits per heavy atom. The number of rotatable bonds is 3. The number of amides is 1. The van der Waals surface area contributed by atoms with Gasteiger partial charge in [0.1, 0.15) is 17.1 Å². The molecule has 4 nitrogen and oxygen atoms in total. The lowest BCUT2D eigenvalue weighted by molar-refractivity contribution is 0.0793. The molecule has 5 heteroatoms. The van der Waals surface area contributed by atoms with Crippen molar-refractivity contribution in [3.8, 4) is 11.5 Å². The molecule has 1 saturated heterocycles. The number of nitrogens with zero attached hydrogens (tertiary/aromatic N) is 1. The highest BCUT2D eigenvalue weighted by Gasteiger charge is 2.18. The van der Waals surface area contributed by atoms with Crippen molar-refractivity contribution in [1.82, 2.24) is 4.90 Å². The van der Waals surface area contributed by atoms with E-state index in [1.807, 2.05) is 63.8 Å². The molecule has 160 valence electrons. The van der Waals surface area contributed by atoms with E-state index in [-0.39, 0.29) is 11.5 Å². The Kier molecular flexibility index (Phi) is 10.6. The fourth-order valence-electron chi connectivity index (χ4n) is 2.69. The lowest BCUT2D eigenvalue weighted by atomic mass is 10.2. The summed E-state index contributed by atoms with van der Waals surface area (Å²) >= 11 is 5.75. The summed E-state index contributed by atoms with van der Waals surface area (Å²) in [5.41, 5.74) is 0.588. The second kappa shape index (κ2) is 12.4. The van der Waals surface area contributed by atoms with Gasteiger partial charge in [-0.2, -0.15) is 0 Å². The van der Waals surface area contributed by atoms with Gasteiger partial charge in [0.05, 0.1) is 7.11 Å². The highest BCUT2D eigenvalue weighted by atomic mass is 35.5. The minimum absolute atomic E-state index is 0.124. The minimum Gasteiger partial charge on any atom is -0.497 e. The topological polar surface area (TPSA) is 38.8 Å². The van der Waals surface area contributed by atoms with Crippen molar-refractivity contribution in [2.75, 3.05) is 20.2 Å². The number of hydrogen-bond acceptors (Lipinski definition) is 3. The summed E-state index contributed by atoms with van der Waals surface area (Å²) < 4.78 is 10.7. The summed E-state index contributed by atoms with van der Waals surface area (Å²) in [7, 11) is 1.65. The van der Waals surface area contributed by atoms with Crippen LogP contribution >= 0.6 is 11.6 Å². The summed E-state index contributed by atoms with van der Waals surface area (Å²) in [5, 5.41) is 0.669. The maximum Gasteiger partial charge on any atom is 0.253 e. The number of benzene rings is 2. The molecule has 0 unspecified atom stereocenters. The van der Waals surface area contributed by atoms with Gasteiger partial charge in [-0.15, -0.1) is 0 Å². The maximum atomic E-state index is 11.8. The van der Waals surface area contributed by atoms with Crippen LogP contribution in [-0.4, -0.2) is 36.6 Å². The van der Waals surface area contributed by atoms with Crippen LogP contribution in [0.25, 0.3) is 0 Å². The zero-order valence-electron chi connectivity index (χ0n) is 18.5. The van der Waals surface area contributed by atoms with E-state index in [0.29, 0.717) is 5.02 Å². The van der Waals surface area contributed by atoms with Gasteiger partial charge in [-0.1, -0.05) is 25.4 Å². The van der Waals surface area contributed by atoms with Gasteiger partial charge in [-0.3, -0.25) is 4.79 Å². The average Bonchev–Trinajstić information content (AvgIpc) is 3.24. The zero-order valence-corrected chi connectivity index (χ0v) is 19.3. The summed E-state index contributed by atoms with van der Waals surface area (Å²) in [5.74, 6) is 1.84. The molecular weight excluding hydrogens is 386 g/mol. The van der Waals surface area contributed by atoms with Gasteiger partial charge >= 0.3 is 0 Å². The number of carbonyl (C=O) groups excluding carboxylic acids is 1. The van der Waals surface area contributed by atoms with Gasteiger partial charge in [0.25, 0.3) is 5.91 Å². The standard InChI is InChI=1S/C11H12ClNO.C11H16O2.C2H6/c12-10-5-3-9(4-6-10)11(14)13-7-1-2-8-13;1-11(2,3)13-10-7-5-9(12-4)6-8-10;1-2/h3-6H,1-2,7-8H2;5-8H,1-4H3;1-2H3. The molecule has 0 radical (unpaired) electrons. The Morgan fingerprint density at radius 1 is 0.897 bits per heavy atom. The van der Waals surface area contributed by atoms with Crippen LogP contribution in [0.3, 0.4) is 0 Å². The number of carbonyl (C=O) groups is 1. The number of halogens is 1. The molecule has 0 spiro atoms. The predicted molar refractivity (Wildman–Crippen MR) is 121 cm³/mol. The fourth-order valence-corrected chi connectivity index (χ4v) is 2.82. The van der Waals surface area contributed by atoms with Crippen molar-refractivity contribution < 1.29 is 14.3 Å². The highest BCUT2D eigenvalue weighted by Crippen LogP contribution is 2.21. The van der Waals surface area contributed by atoms with Crippen molar-refractivity contribution in [2.24, 2.45) is 0 Å². The smallest absolute Gasteiger partial charge is 0.253 e. The van der Waals surface area contributed by atoms with Crippen LogP contribution in [0.2, 0.25) is 5.02 Å². The molecule has 2 aromatic carbocycles. The summed E-state index contributed by atoms with van der Waals surface area (Å²) in [6.45, 7) is 11.9. The van der Waals surface area contributed by atoms with Gasteiger partial charge in [-0.25, -0.2) is 0 Å². The minimum atomic E-state index is -0.144. The molecule has 1 aliphatic rings. The van der Waals surface area contributed by atoms with Gasteiger partial charge in [0.15, 0.2) is 0 Å². The average molecular weight is 420 g/mol. The molecule has 2 aromatic rings. The van der Waals surface area contributed by atoms with Crippen molar-refractivity contribution in [2.45, 2.75) is 53.1 Å². The molecule has 1 aliphatic heterocycles. The Labute approximate surface area is 180 Å². The van der Waals surface area contributed by atoms with Gasteiger partial charge in [0.2, 0.25) is 0 Å². The van der Waals surface area contributed by atoms with E-state index < -0.39 is 0 Å². The van der Waals surface area contributed by atoms with E-state index >= 15 is 0 Å². The second-order valence-corrected chi connectivity index (χ2v) is 7.83. The van der Waals surface area contributed by atoms with Crippen LogP contribution in [0.4, 0.5) is 0 Å². The van der Waals surface area contributed by atoms with E-state index in [9.17, 15) is 4.79 Å². The number of likely N-dealkylation sites (tertiary alicyclic amines) is 1. The van der Waals surface area contributed by atoms with E-state index in [0.717, 1.165) is 43.0 Å². The lowest BCUT2D eigenvalue weighted by Gasteiger charge is -2.21. The zero-order chi connectivity index (χ0) is 21.9. The van der Waals surface area contributed by atoms with Crippen molar-refractivity contribution in [3.05, 3.63) is 59.1 Å². The van der Waals surface area contributed by atoms with E-state index in [4.69, 9.17) is 21.1 Å². The molecule has 3 rings (SSSR count). The van der Waals surface area contributed by atoms with Crippen LogP contribution in [0.1, 0.15) is 57.8 Å². The Balaban J connectivity index is 0.000000268. The Morgan fingerprint density at radius 3 is 1.83 bits per heavy atom. The fraction of sp³-hybridized carbons (Fsp3) is 0.458. The third-order valence-corrected chi connectivity index (χ3v) is 4.22. The Hall–Kier alpha value is -2.20. The summed E-state index contributed by atoms with van der Waals surface area (Å²) in [4.78, 5) is 13.7. The first-order valence-corrected chi connectivity index (χ1v) is 10.5. The van der Waals surface area contributed by atoms with Crippen molar-refractivity contribution in [1.29, 1.82) is 0 Å². The molecule has 0 aliphatic carbocycles.